The van der Waals surface area contributed by atoms with E-state index >= 15 is 0 Å². The zero-order valence-electron chi connectivity index (χ0n) is 10.4. The van der Waals surface area contributed by atoms with Gasteiger partial charge in [-0.2, -0.15) is 0 Å². The Hall–Kier alpha value is -1.99. The molecule has 0 bridgehead atoms. The number of nitrogens with zero attached hydrogens (tertiary/aromatic N) is 1. The van der Waals surface area contributed by atoms with Crippen LogP contribution in [0.2, 0.25) is 10.0 Å². The van der Waals surface area contributed by atoms with Crippen LogP contribution in [-0.2, 0) is 0 Å². The van der Waals surface area contributed by atoms with Crippen molar-refractivity contribution in [3.8, 4) is 5.75 Å². The molecule has 0 aliphatic heterocycles. The summed E-state index contributed by atoms with van der Waals surface area (Å²) in [7, 11) is 0. The predicted molar refractivity (Wildman–Crippen MR) is 78.6 cm³/mol. The van der Waals surface area contributed by atoms with Gasteiger partial charge < -0.3 is 10.4 Å². The molecule has 2 rings (SSSR count). The van der Waals surface area contributed by atoms with Gasteiger partial charge in [-0.1, -0.05) is 23.2 Å². The average Bonchev–Trinajstić information content (AvgIpc) is 2.43. The van der Waals surface area contributed by atoms with Crippen LogP contribution in [0.15, 0.2) is 36.4 Å². The Morgan fingerprint density at radius 3 is 2.43 bits per heavy atom. The van der Waals surface area contributed by atoms with Crippen LogP contribution in [0, 0.1) is 0 Å². The van der Waals surface area contributed by atoms with Crippen LogP contribution in [-0.4, -0.2) is 21.4 Å². The molecule has 0 radical (unpaired) electrons. The Kier molecular flexibility index (Phi) is 4.54. The van der Waals surface area contributed by atoms with Crippen LogP contribution in [0.25, 0.3) is 0 Å². The molecule has 0 aliphatic rings. The van der Waals surface area contributed by atoms with Crippen molar-refractivity contribution < 1.29 is 20.3 Å². The zero-order valence-corrected chi connectivity index (χ0v) is 11.9. The van der Waals surface area contributed by atoms with E-state index < -0.39 is 5.91 Å². The zero-order chi connectivity index (χ0) is 15.6. The minimum absolute atomic E-state index is 0.00594. The number of halogens is 2. The highest BCUT2D eigenvalue weighted by Gasteiger charge is 2.14. The van der Waals surface area contributed by atoms with Gasteiger partial charge in [0.1, 0.15) is 5.75 Å². The number of amides is 1. The minimum Gasteiger partial charge on any atom is -0.507 e. The van der Waals surface area contributed by atoms with E-state index in [1.54, 1.807) is 0 Å². The van der Waals surface area contributed by atoms with Gasteiger partial charge in [-0.3, -0.25) is 15.2 Å². The molecule has 2 aromatic carbocycles. The second-order valence-corrected chi connectivity index (χ2v) is 4.91. The summed E-state index contributed by atoms with van der Waals surface area (Å²) in [5, 5.41) is 30.2. The molecule has 0 saturated heterocycles. The number of carbonyl (C=O) groups is 1. The third-order valence-corrected chi connectivity index (χ3v) is 3.18. The summed E-state index contributed by atoms with van der Waals surface area (Å²) >= 11 is 11.7. The lowest BCUT2D eigenvalue weighted by Gasteiger charge is -2.12. The molecule has 0 aliphatic carbocycles. The maximum atomic E-state index is 12.1. The van der Waals surface area contributed by atoms with Crippen molar-refractivity contribution in [2.75, 3.05) is 10.5 Å². The molecule has 0 aromatic heterocycles. The van der Waals surface area contributed by atoms with Crippen LogP contribution in [0.1, 0.15) is 10.4 Å². The van der Waals surface area contributed by atoms with Crippen molar-refractivity contribution in [1.29, 1.82) is 0 Å². The Balaban J connectivity index is 2.25. The van der Waals surface area contributed by atoms with Crippen LogP contribution >= 0.6 is 23.2 Å². The summed E-state index contributed by atoms with van der Waals surface area (Å²) in [6, 6.07) is 8.03. The molecule has 21 heavy (non-hydrogen) atoms. The van der Waals surface area contributed by atoms with Gasteiger partial charge in [0.25, 0.3) is 5.91 Å². The number of phenols is 1. The van der Waals surface area contributed by atoms with E-state index in [9.17, 15) is 9.90 Å². The fourth-order valence-electron chi connectivity index (χ4n) is 1.61. The van der Waals surface area contributed by atoms with Crippen molar-refractivity contribution in [1.82, 2.24) is 0 Å². The van der Waals surface area contributed by atoms with E-state index in [0.29, 0.717) is 5.02 Å². The first-order chi connectivity index (χ1) is 9.88. The Morgan fingerprint density at radius 1 is 1.10 bits per heavy atom. The fraction of sp³-hybridized carbons (Fsp3) is 0. The van der Waals surface area contributed by atoms with Crippen LogP contribution < -0.4 is 10.5 Å². The normalized spacial score (nSPS) is 10.3. The highest BCUT2D eigenvalue weighted by molar-refractivity contribution is 6.34. The van der Waals surface area contributed by atoms with E-state index in [1.807, 2.05) is 0 Å². The number of aromatic hydroxyl groups is 1. The number of benzene rings is 2. The molecular formula is C13H10Cl2N2O4. The number of hydrogen-bond donors (Lipinski definition) is 4. The van der Waals surface area contributed by atoms with Crippen LogP contribution in [0.3, 0.4) is 0 Å². The van der Waals surface area contributed by atoms with Crippen molar-refractivity contribution >= 4 is 40.5 Å². The van der Waals surface area contributed by atoms with E-state index in [0.717, 1.165) is 0 Å². The van der Waals surface area contributed by atoms with E-state index in [4.69, 9.17) is 33.6 Å². The van der Waals surface area contributed by atoms with Gasteiger partial charge in [0.05, 0.1) is 22.0 Å². The molecule has 6 nitrogen and oxygen atoms in total. The first kappa shape index (κ1) is 15.4. The molecule has 0 unspecified atom stereocenters. The van der Waals surface area contributed by atoms with Crippen molar-refractivity contribution in [3.63, 3.8) is 0 Å². The first-order valence-corrected chi connectivity index (χ1v) is 6.41. The quantitative estimate of drug-likeness (QED) is 0.647. The molecule has 0 atom stereocenters. The van der Waals surface area contributed by atoms with Crippen molar-refractivity contribution in [2.45, 2.75) is 0 Å². The summed E-state index contributed by atoms with van der Waals surface area (Å²) in [5.74, 6) is -0.823. The van der Waals surface area contributed by atoms with Crippen LogP contribution in [0.4, 0.5) is 11.4 Å². The summed E-state index contributed by atoms with van der Waals surface area (Å²) in [6.45, 7) is 0. The van der Waals surface area contributed by atoms with E-state index in [1.165, 1.54) is 36.4 Å². The molecule has 110 valence electrons. The number of hydrogen-bond acceptors (Lipinski definition) is 5. The molecule has 4 N–H and O–H groups in total. The first-order valence-electron chi connectivity index (χ1n) is 5.66. The van der Waals surface area contributed by atoms with Crippen LogP contribution in [0.5, 0.6) is 5.75 Å². The average molecular weight is 329 g/mol. The van der Waals surface area contributed by atoms with Gasteiger partial charge in [-0.05, 0) is 36.4 Å². The highest BCUT2D eigenvalue weighted by Crippen LogP contribution is 2.28. The smallest absolute Gasteiger partial charge is 0.259 e. The second kappa shape index (κ2) is 6.19. The molecule has 0 spiro atoms. The third kappa shape index (κ3) is 3.56. The predicted octanol–water partition coefficient (Wildman–Crippen LogP) is 3.54. The second-order valence-electron chi connectivity index (χ2n) is 4.07. The monoisotopic (exact) mass is 328 g/mol. The number of phenolic OH excluding ortho intramolecular Hbond substituents is 1. The Bertz CT molecular complexity index is 692. The summed E-state index contributed by atoms with van der Waals surface area (Å²) in [4.78, 5) is 12.1. The Morgan fingerprint density at radius 2 is 1.81 bits per heavy atom. The van der Waals surface area contributed by atoms with Gasteiger partial charge in [0, 0.05) is 5.02 Å². The summed E-state index contributed by atoms with van der Waals surface area (Å²) in [5.41, 5.74) is 0.267. The SMILES string of the molecule is O=C(Nc1ccc(N(O)O)cc1Cl)c1cc(Cl)ccc1O. The number of carbonyl (C=O) groups excluding carboxylic acids is 1. The molecule has 2 aromatic rings. The van der Waals surface area contributed by atoms with Gasteiger partial charge in [0.15, 0.2) is 0 Å². The molecular weight excluding hydrogens is 319 g/mol. The van der Waals surface area contributed by atoms with E-state index in [2.05, 4.69) is 5.32 Å². The lowest BCUT2D eigenvalue weighted by Crippen LogP contribution is -2.14. The maximum Gasteiger partial charge on any atom is 0.259 e. The molecule has 0 fully saturated rings. The molecule has 0 heterocycles. The largest absolute Gasteiger partial charge is 0.507 e. The number of rotatable bonds is 3. The third-order valence-electron chi connectivity index (χ3n) is 2.64. The van der Waals surface area contributed by atoms with Gasteiger partial charge >= 0.3 is 0 Å². The maximum absolute atomic E-state index is 12.1. The standard InChI is InChI=1S/C13H10Cl2N2O4/c14-7-1-4-12(18)9(5-7)13(19)16-11-3-2-8(17(20)21)6-10(11)15/h1-6,18,20-21H,(H,16,19). The number of nitrogens with one attached hydrogen (secondary N) is 1. The summed E-state index contributed by atoms with van der Waals surface area (Å²) < 4.78 is 0. The molecule has 1 amide bonds. The molecule has 8 heteroatoms. The minimum atomic E-state index is -0.602. The highest BCUT2D eigenvalue weighted by atomic mass is 35.5. The van der Waals surface area contributed by atoms with Gasteiger partial charge in [-0.25, -0.2) is 0 Å². The molecule has 0 saturated carbocycles. The fourth-order valence-corrected chi connectivity index (χ4v) is 2.00. The van der Waals surface area contributed by atoms with Crippen molar-refractivity contribution in [3.05, 3.63) is 52.0 Å². The number of anilines is 2. The van der Waals surface area contributed by atoms with Gasteiger partial charge in [0.2, 0.25) is 0 Å². The van der Waals surface area contributed by atoms with E-state index in [-0.39, 0.29) is 32.9 Å². The summed E-state index contributed by atoms with van der Waals surface area (Å²) in [6.07, 6.45) is 0. The van der Waals surface area contributed by atoms with Gasteiger partial charge in [-0.15, -0.1) is 5.23 Å². The lowest BCUT2D eigenvalue weighted by atomic mass is 10.2. The lowest BCUT2D eigenvalue weighted by molar-refractivity contribution is 0.0292. The topological polar surface area (TPSA) is 93.0 Å². The Labute approximate surface area is 129 Å². The van der Waals surface area contributed by atoms with Crippen molar-refractivity contribution in [2.24, 2.45) is 0 Å².